The maximum absolute atomic E-state index is 13.0. The van der Waals surface area contributed by atoms with Crippen molar-refractivity contribution in [3.63, 3.8) is 0 Å². The third-order valence-corrected chi connectivity index (χ3v) is 5.19. The summed E-state index contributed by atoms with van der Waals surface area (Å²) in [7, 11) is 0. The molecular weight excluding hydrogens is 423 g/mol. The smallest absolute Gasteiger partial charge is 0.261 e. The van der Waals surface area contributed by atoms with E-state index in [1.54, 1.807) is 23.1 Å². The quantitative estimate of drug-likeness (QED) is 0.537. The third kappa shape index (κ3) is 7.22. The number of carbonyl (C=O) groups excluding carboxylic acids is 2. The van der Waals surface area contributed by atoms with Crippen molar-refractivity contribution >= 4 is 35.0 Å². The topological polar surface area (TPSA) is 58.6 Å². The van der Waals surface area contributed by atoms with Gasteiger partial charge in [0, 0.05) is 18.1 Å². The van der Waals surface area contributed by atoms with Crippen molar-refractivity contribution in [2.75, 3.05) is 19.7 Å². The van der Waals surface area contributed by atoms with Gasteiger partial charge in [0.15, 0.2) is 6.61 Å². The molecule has 2 rings (SSSR count). The number of carbonyl (C=O) groups is 2. The minimum Gasteiger partial charge on any atom is -0.482 e. The molecule has 2 aromatic carbocycles. The summed E-state index contributed by atoms with van der Waals surface area (Å²) in [5.74, 6) is -0.0401. The first-order valence-electron chi connectivity index (χ1n) is 10.1. The van der Waals surface area contributed by atoms with E-state index in [1.165, 1.54) is 0 Å². The van der Waals surface area contributed by atoms with Crippen molar-refractivity contribution in [3.8, 4) is 5.75 Å². The van der Waals surface area contributed by atoms with Crippen LogP contribution in [0.4, 0.5) is 0 Å². The molecule has 0 saturated carbocycles. The summed E-state index contributed by atoms with van der Waals surface area (Å²) in [4.78, 5) is 27.3. The lowest BCUT2D eigenvalue weighted by Crippen LogP contribution is -2.51. The predicted octanol–water partition coefficient (Wildman–Crippen LogP) is 4.75. The molecule has 1 N–H and O–H groups in total. The molecule has 0 spiro atoms. The van der Waals surface area contributed by atoms with E-state index < -0.39 is 6.04 Å². The van der Waals surface area contributed by atoms with Crippen LogP contribution in [-0.4, -0.2) is 42.5 Å². The summed E-state index contributed by atoms with van der Waals surface area (Å²) in [6, 6.07) is 14.1. The Morgan fingerprint density at radius 3 is 2.47 bits per heavy atom. The van der Waals surface area contributed by atoms with Crippen molar-refractivity contribution < 1.29 is 14.3 Å². The molecule has 2 amide bonds. The second-order valence-corrected chi connectivity index (χ2v) is 7.74. The SMILES string of the molecule is CCCNC(=O)[C@@H](CC)N(CCc1ccccc1)C(=O)COc1ccc(Cl)cc1Cl. The number of nitrogens with one attached hydrogen (secondary N) is 1. The van der Waals surface area contributed by atoms with Crippen LogP contribution in [0.2, 0.25) is 10.0 Å². The van der Waals surface area contributed by atoms with E-state index in [1.807, 2.05) is 44.2 Å². The minimum absolute atomic E-state index is 0.148. The van der Waals surface area contributed by atoms with Gasteiger partial charge >= 0.3 is 0 Å². The zero-order chi connectivity index (χ0) is 21.9. The summed E-state index contributed by atoms with van der Waals surface area (Å²) < 4.78 is 5.63. The fraction of sp³-hybridized carbons (Fsp3) is 0.391. The molecule has 1 atom stereocenters. The first-order valence-corrected chi connectivity index (χ1v) is 10.9. The van der Waals surface area contributed by atoms with E-state index in [2.05, 4.69) is 5.32 Å². The van der Waals surface area contributed by atoms with Gasteiger partial charge in [-0.25, -0.2) is 0 Å². The average Bonchev–Trinajstić information content (AvgIpc) is 2.74. The van der Waals surface area contributed by atoms with Crippen LogP contribution < -0.4 is 10.1 Å². The molecule has 7 heteroatoms. The van der Waals surface area contributed by atoms with Gasteiger partial charge in [-0.1, -0.05) is 67.4 Å². The van der Waals surface area contributed by atoms with Crippen LogP contribution in [0.15, 0.2) is 48.5 Å². The van der Waals surface area contributed by atoms with Crippen LogP contribution in [-0.2, 0) is 16.0 Å². The third-order valence-electron chi connectivity index (χ3n) is 4.66. The molecule has 0 fully saturated rings. The Kier molecular flexibility index (Phi) is 9.98. The molecule has 0 unspecified atom stereocenters. The Morgan fingerprint density at radius 1 is 1.10 bits per heavy atom. The summed E-state index contributed by atoms with van der Waals surface area (Å²) in [6.07, 6.45) is 1.99. The normalized spacial score (nSPS) is 11.6. The first kappa shape index (κ1) is 24.0. The largest absolute Gasteiger partial charge is 0.482 e. The van der Waals surface area contributed by atoms with Gasteiger partial charge in [0.1, 0.15) is 11.8 Å². The van der Waals surface area contributed by atoms with Gasteiger partial charge in [-0.2, -0.15) is 0 Å². The molecule has 0 aliphatic rings. The fourth-order valence-corrected chi connectivity index (χ4v) is 3.54. The van der Waals surface area contributed by atoms with Gasteiger partial charge in [0.25, 0.3) is 5.91 Å². The molecule has 0 aliphatic heterocycles. The molecule has 0 heterocycles. The van der Waals surface area contributed by atoms with Gasteiger partial charge in [-0.05, 0) is 43.0 Å². The van der Waals surface area contributed by atoms with Crippen LogP contribution >= 0.6 is 23.2 Å². The molecule has 0 aromatic heterocycles. The Balaban J connectivity index is 2.12. The molecule has 162 valence electrons. The maximum atomic E-state index is 13.0. The highest BCUT2D eigenvalue weighted by atomic mass is 35.5. The van der Waals surface area contributed by atoms with Gasteiger partial charge in [-0.3, -0.25) is 9.59 Å². The molecule has 0 bridgehead atoms. The highest BCUT2D eigenvalue weighted by Crippen LogP contribution is 2.27. The van der Waals surface area contributed by atoms with Gasteiger partial charge in [0.2, 0.25) is 5.91 Å². The molecule has 0 aliphatic carbocycles. The molecule has 0 radical (unpaired) electrons. The zero-order valence-corrected chi connectivity index (χ0v) is 18.9. The van der Waals surface area contributed by atoms with E-state index in [9.17, 15) is 9.59 Å². The lowest BCUT2D eigenvalue weighted by atomic mass is 10.1. The lowest BCUT2D eigenvalue weighted by molar-refractivity contribution is -0.142. The van der Waals surface area contributed by atoms with Crippen molar-refractivity contribution in [2.45, 2.75) is 39.2 Å². The van der Waals surface area contributed by atoms with Crippen LogP contribution in [0.1, 0.15) is 32.3 Å². The second-order valence-electron chi connectivity index (χ2n) is 6.90. The van der Waals surface area contributed by atoms with Gasteiger partial charge in [-0.15, -0.1) is 0 Å². The summed E-state index contributed by atoms with van der Waals surface area (Å²) in [5.41, 5.74) is 1.10. The van der Waals surface area contributed by atoms with E-state index in [4.69, 9.17) is 27.9 Å². The maximum Gasteiger partial charge on any atom is 0.261 e. The zero-order valence-electron chi connectivity index (χ0n) is 17.4. The van der Waals surface area contributed by atoms with Crippen molar-refractivity contribution in [2.24, 2.45) is 0 Å². The van der Waals surface area contributed by atoms with Crippen LogP contribution in [0.3, 0.4) is 0 Å². The molecule has 0 saturated heterocycles. The predicted molar refractivity (Wildman–Crippen MR) is 121 cm³/mol. The van der Waals surface area contributed by atoms with Crippen LogP contribution in [0.25, 0.3) is 0 Å². The Labute approximate surface area is 188 Å². The first-order chi connectivity index (χ1) is 14.5. The van der Waals surface area contributed by atoms with Crippen molar-refractivity contribution in [1.29, 1.82) is 0 Å². The fourth-order valence-electron chi connectivity index (χ4n) is 3.08. The second kappa shape index (κ2) is 12.5. The number of amides is 2. The van der Waals surface area contributed by atoms with Crippen molar-refractivity contribution in [3.05, 3.63) is 64.1 Å². The number of nitrogens with zero attached hydrogens (tertiary/aromatic N) is 1. The standard InChI is InChI=1S/C23H28Cl2N2O3/c1-3-13-26-23(29)20(4-2)27(14-12-17-8-6-5-7-9-17)22(28)16-30-21-11-10-18(24)15-19(21)25/h5-11,15,20H,3-4,12-14,16H2,1-2H3,(H,26,29)/t20-/m1/s1. The minimum atomic E-state index is -0.558. The number of rotatable bonds is 11. The number of halogens is 2. The molecule has 30 heavy (non-hydrogen) atoms. The summed E-state index contributed by atoms with van der Waals surface area (Å²) >= 11 is 12.0. The van der Waals surface area contributed by atoms with E-state index in [-0.39, 0.29) is 18.4 Å². The summed E-state index contributed by atoms with van der Waals surface area (Å²) in [6.45, 7) is 4.67. The number of ether oxygens (including phenoxy) is 1. The number of hydrogen-bond acceptors (Lipinski definition) is 3. The van der Waals surface area contributed by atoms with E-state index in [0.717, 1.165) is 12.0 Å². The van der Waals surface area contributed by atoms with Gasteiger partial charge in [0.05, 0.1) is 5.02 Å². The Hall–Kier alpha value is -2.24. The summed E-state index contributed by atoms with van der Waals surface area (Å²) in [5, 5.41) is 3.72. The highest BCUT2D eigenvalue weighted by Gasteiger charge is 2.28. The Bertz CT molecular complexity index is 830. The number of hydrogen-bond donors (Lipinski definition) is 1. The molecular formula is C23H28Cl2N2O3. The molecule has 2 aromatic rings. The lowest BCUT2D eigenvalue weighted by Gasteiger charge is -2.30. The number of benzene rings is 2. The van der Waals surface area contributed by atoms with Crippen LogP contribution in [0.5, 0.6) is 5.75 Å². The Morgan fingerprint density at radius 2 is 1.83 bits per heavy atom. The average molecular weight is 451 g/mol. The van der Waals surface area contributed by atoms with E-state index in [0.29, 0.717) is 41.7 Å². The van der Waals surface area contributed by atoms with Gasteiger partial charge < -0.3 is 15.0 Å². The highest BCUT2D eigenvalue weighted by molar-refractivity contribution is 6.35. The molecule has 5 nitrogen and oxygen atoms in total. The van der Waals surface area contributed by atoms with Crippen molar-refractivity contribution in [1.82, 2.24) is 10.2 Å². The van der Waals surface area contributed by atoms with Crippen LogP contribution in [0, 0.1) is 0 Å². The van der Waals surface area contributed by atoms with E-state index >= 15 is 0 Å². The monoisotopic (exact) mass is 450 g/mol.